The monoisotopic (exact) mass is 403 g/mol. The van der Waals surface area contributed by atoms with Crippen molar-refractivity contribution in [3.63, 3.8) is 0 Å². The number of carbonyl (C=O) groups excluding carboxylic acids is 1. The van der Waals surface area contributed by atoms with Crippen LogP contribution in [0.5, 0.6) is 0 Å². The molecule has 2 aliphatic heterocycles. The second kappa shape index (κ2) is 8.54. The maximum Gasteiger partial charge on any atom is 0.273 e. The molecule has 0 radical (unpaired) electrons. The maximum atomic E-state index is 12.9. The van der Waals surface area contributed by atoms with Gasteiger partial charge in [-0.15, -0.1) is 36.2 Å². The molecule has 8 heteroatoms. The number of aryl methyl sites for hydroxylation is 1. The number of aromatic nitrogens is 1. The minimum absolute atomic E-state index is 0. The molecule has 2 saturated heterocycles. The smallest absolute Gasteiger partial charge is 0.273 e. The summed E-state index contributed by atoms with van der Waals surface area (Å²) in [6.07, 6.45) is 3.82. The minimum atomic E-state index is 0. The van der Waals surface area contributed by atoms with Crippen LogP contribution in [-0.4, -0.2) is 42.0 Å². The molecule has 0 aliphatic carbocycles. The molecule has 0 aromatic carbocycles. The predicted octanol–water partition coefficient (Wildman–Crippen LogP) is 3.63. The Labute approximate surface area is 164 Å². The van der Waals surface area contributed by atoms with E-state index in [1.165, 1.54) is 11.3 Å². The lowest BCUT2D eigenvalue weighted by atomic mass is 9.92. The first-order chi connectivity index (χ1) is 11.2. The number of hydrogen-bond donors (Lipinski definition) is 1. The van der Waals surface area contributed by atoms with E-state index in [0.29, 0.717) is 5.69 Å². The standard InChI is InChI=1S/C17H21N3O2S.2ClH/c1-11-15(19-16(23-11)14-3-2-8-22-14)17(21)20-6-4-12-9-18-10-13(12)5-7-20;;/h2-3,8,12-13,18H,4-7,9-10H2,1H3;2*1H/t12-,13+;;. The van der Waals surface area contributed by atoms with Crippen LogP contribution in [0.4, 0.5) is 0 Å². The molecule has 138 valence electrons. The van der Waals surface area contributed by atoms with Gasteiger partial charge < -0.3 is 14.6 Å². The van der Waals surface area contributed by atoms with Crippen LogP contribution in [0.2, 0.25) is 0 Å². The number of fused-ring (bicyclic) bond motifs is 1. The number of thiazole rings is 1. The van der Waals surface area contributed by atoms with E-state index in [0.717, 1.165) is 66.5 Å². The van der Waals surface area contributed by atoms with E-state index >= 15 is 0 Å². The summed E-state index contributed by atoms with van der Waals surface area (Å²) >= 11 is 1.52. The molecule has 0 unspecified atom stereocenters. The molecule has 2 fully saturated rings. The molecule has 1 N–H and O–H groups in total. The van der Waals surface area contributed by atoms with Gasteiger partial charge in [0.1, 0.15) is 5.69 Å². The lowest BCUT2D eigenvalue weighted by Gasteiger charge is -2.20. The Morgan fingerprint density at radius 1 is 1.28 bits per heavy atom. The van der Waals surface area contributed by atoms with Crippen molar-refractivity contribution in [1.29, 1.82) is 0 Å². The number of nitrogens with one attached hydrogen (secondary N) is 1. The molecule has 0 bridgehead atoms. The largest absolute Gasteiger partial charge is 0.462 e. The fourth-order valence-corrected chi connectivity index (χ4v) is 4.54. The highest BCUT2D eigenvalue weighted by Gasteiger charge is 2.32. The molecule has 2 aromatic heterocycles. The molecule has 0 spiro atoms. The van der Waals surface area contributed by atoms with Crippen molar-refractivity contribution in [3.8, 4) is 10.8 Å². The quantitative estimate of drug-likeness (QED) is 0.831. The lowest BCUT2D eigenvalue weighted by molar-refractivity contribution is 0.0753. The van der Waals surface area contributed by atoms with Gasteiger partial charge in [-0.1, -0.05) is 0 Å². The van der Waals surface area contributed by atoms with Gasteiger partial charge in [0.05, 0.1) is 6.26 Å². The number of nitrogens with zero attached hydrogens (tertiary/aromatic N) is 2. The number of carbonyl (C=O) groups is 1. The van der Waals surface area contributed by atoms with Gasteiger partial charge in [-0.3, -0.25) is 4.79 Å². The first-order valence-electron chi connectivity index (χ1n) is 8.23. The summed E-state index contributed by atoms with van der Waals surface area (Å²) in [6, 6.07) is 3.72. The van der Waals surface area contributed by atoms with Crippen LogP contribution in [-0.2, 0) is 0 Å². The fourth-order valence-electron chi connectivity index (χ4n) is 3.67. The number of hydrogen-bond acceptors (Lipinski definition) is 5. The summed E-state index contributed by atoms with van der Waals surface area (Å²) in [5.41, 5.74) is 0.589. The van der Waals surface area contributed by atoms with Crippen LogP contribution in [0, 0.1) is 18.8 Å². The molecule has 4 heterocycles. The number of halogens is 2. The van der Waals surface area contributed by atoms with E-state index in [-0.39, 0.29) is 30.7 Å². The maximum absolute atomic E-state index is 12.9. The molecule has 0 saturated carbocycles. The van der Waals surface area contributed by atoms with Gasteiger partial charge >= 0.3 is 0 Å². The van der Waals surface area contributed by atoms with Crippen molar-refractivity contribution >= 4 is 42.1 Å². The topological polar surface area (TPSA) is 58.4 Å². The third-order valence-corrected chi connectivity index (χ3v) is 6.02. The van der Waals surface area contributed by atoms with Crippen LogP contribution in [0.15, 0.2) is 22.8 Å². The van der Waals surface area contributed by atoms with Crippen molar-refractivity contribution in [1.82, 2.24) is 15.2 Å². The van der Waals surface area contributed by atoms with Crippen molar-refractivity contribution in [2.24, 2.45) is 11.8 Å². The summed E-state index contributed by atoms with van der Waals surface area (Å²) in [7, 11) is 0. The zero-order valence-corrected chi connectivity index (χ0v) is 16.5. The van der Waals surface area contributed by atoms with Gasteiger partial charge in [-0.25, -0.2) is 4.98 Å². The van der Waals surface area contributed by atoms with Crippen molar-refractivity contribution in [3.05, 3.63) is 29.0 Å². The molecule has 25 heavy (non-hydrogen) atoms. The molecule has 2 aromatic rings. The molecule has 1 amide bonds. The second-order valence-electron chi connectivity index (χ2n) is 6.45. The van der Waals surface area contributed by atoms with Crippen molar-refractivity contribution in [2.75, 3.05) is 26.2 Å². The minimum Gasteiger partial charge on any atom is -0.462 e. The molecule has 2 aliphatic rings. The van der Waals surface area contributed by atoms with Crippen molar-refractivity contribution < 1.29 is 9.21 Å². The fraction of sp³-hybridized carbons (Fsp3) is 0.529. The van der Waals surface area contributed by atoms with E-state index in [1.54, 1.807) is 6.26 Å². The van der Waals surface area contributed by atoms with Crippen molar-refractivity contribution in [2.45, 2.75) is 19.8 Å². The van der Waals surface area contributed by atoms with Gasteiger partial charge in [0, 0.05) is 18.0 Å². The summed E-state index contributed by atoms with van der Waals surface area (Å²) in [5, 5.41) is 4.26. The summed E-state index contributed by atoms with van der Waals surface area (Å²) in [5.74, 6) is 2.25. The zero-order valence-electron chi connectivity index (χ0n) is 14.1. The average Bonchev–Trinajstić information content (AvgIpc) is 3.26. The summed E-state index contributed by atoms with van der Waals surface area (Å²) in [4.78, 5) is 20.4. The Morgan fingerprint density at radius 3 is 2.56 bits per heavy atom. The van der Waals surface area contributed by atoms with Gasteiger partial charge in [-0.2, -0.15) is 0 Å². The first-order valence-corrected chi connectivity index (χ1v) is 9.05. The summed E-state index contributed by atoms with van der Waals surface area (Å²) < 4.78 is 5.40. The van der Waals surface area contributed by atoms with E-state index in [2.05, 4.69) is 10.3 Å². The Balaban J connectivity index is 0.00000113. The average molecular weight is 404 g/mol. The molecule has 5 nitrogen and oxygen atoms in total. The Hall–Kier alpha value is -1.08. The third kappa shape index (κ3) is 4.03. The van der Waals surface area contributed by atoms with Gasteiger partial charge in [0.2, 0.25) is 0 Å². The molecule has 2 atom stereocenters. The zero-order chi connectivity index (χ0) is 15.8. The van der Waals surface area contributed by atoms with E-state index < -0.39 is 0 Å². The van der Waals surface area contributed by atoms with E-state index in [1.807, 2.05) is 24.0 Å². The summed E-state index contributed by atoms with van der Waals surface area (Å²) in [6.45, 7) is 5.85. The van der Waals surface area contributed by atoms with Crippen LogP contribution in [0.1, 0.15) is 28.2 Å². The SMILES string of the molecule is Cc1sc(-c2ccco2)nc1C(=O)N1CC[C@@H]2CNC[C@@H]2CC1.Cl.Cl. The van der Waals surface area contributed by atoms with Gasteiger partial charge in [0.25, 0.3) is 5.91 Å². The highest BCUT2D eigenvalue weighted by Crippen LogP contribution is 2.31. The molecule has 4 rings (SSSR count). The normalized spacial score (nSPS) is 22.5. The number of amides is 1. The van der Waals surface area contributed by atoms with Gasteiger partial charge in [-0.05, 0) is 56.8 Å². The Bertz CT molecular complexity index is 691. The number of furan rings is 1. The Morgan fingerprint density at radius 2 is 1.96 bits per heavy atom. The van der Waals surface area contributed by atoms with Crippen LogP contribution in [0.25, 0.3) is 10.8 Å². The van der Waals surface area contributed by atoms with Crippen LogP contribution >= 0.6 is 36.2 Å². The number of rotatable bonds is 2. The highest BCUT2D eigenvalue weighted by atomic mass is 35.5. The van der Waals surface area contributed by atoms with Crippen LogP contribution < -0.4 is 5.32 Å². The predicted molar refractivity (Wildman–Crippen MR) is 104 cm³/mol. The Kier molecular flexibility index (Phi) is 6.91. The van der Waals surface area contributed by atoms with E-state index in [9.17, 15) is 4.79 Å². The highest BCUT2D eigenvalue weighted by molar-refractivity contribution is 7.15. The first kappa shape index (κ1) is 20.2. The van der Waals surface area contributed by atoms with E-state index in [4.69, 9.17) is 4.42 Å². The third-order valence-electron chi connectivity index (χ3n) is 5.04. The molecular weight excluding hydrogens is 381 g/mol. The number of likely N-dealkylation sites (tertiary alicyclic amines) is 1. The lowest BCUT2D eigenvalue weighted by Crippen LogP contribution is -2.33. The van der Waals surface area contributed by atoms with Crippen LogP contribution in [0.3, 0.4) is 0 Å². The van der Waals surface area contributed by atoms with Gasteiger partial charge in [0.15, 0.2) is 10.8 Å². The second-order valence-corrected chi connectivity index (χ2v) is 7.65. The molecular formula is C17H23Cl2N3O2S.